The summed E-state index contributed by atoms with van der Waals surface area (Å²) in [5.74, 6) is 0.739. The Morgan fingerprint density at radius 3 is 2.10 bits per heavy atom. The van der Waals surface area contributed by atoms with Crippen molar-refractivity contribution >= 4 is 13.6 Å². The summed E-state index contributed by atoms with van der Waals surface area (Å²) in [6.07, 6.45) is 16.5. The molecular formula is C32H59NO6P+. The van der Waals surface area contributed by atoms with Crippen molar-refractivity contribution in [1.29, 1.82) is 0 Å². The smallest absolute Gasteiger partial charge is 0.472 e. The molecule has 1 N–H and O–H groups in total. The number of Topliss-reactive ketones (excluding diaryl/α,β-unsaturated/α-hetero) is 1. The van der Waals surface area contributed by atoms with Gasteiger partial charge in [0.1, 0.15) is 24.7 Å². The van der Waals surface area contributed by atoms with Crippen LogP contribution in [0.3, 0.4) is 0 Å². The van der Waals surface area contributed by atoms with E-state index in [0.29, 0.717) is 36.9 Å². The van der Waals surface area contributed by atoms with Gasteiger partial charge in [0.2, 0.25) is 0 Å². The van der Waals surface area contributed by atoms with Crippen molar-refractivity contribution in [1.82, 2.24) is 0 Å². The summed E-state index contributed by atoms with van der Waals surface area (Å²) in [5, 5.41) is 0. The summed E-state index contributed by atoms with van der Waals surface area (Å²) < 4.78 is 29.5. The zero-order valence-corrected chi connectivity index (χ0v) is 27.1. The van der Waals surface area contributed by atoms with Gasteiger partial charge in [0.05, 0.1) is 34.4 Å². The fourth-order valence-corrected chi connectivity index (χ4v) is 5.40. The van der Waals surface area contributed by atoms with E-state index < -0.39 is 7.82 Å². The number of unbranched alkanes of at least 4 members (excludes halogenated alkanes) is 10. The lowest BCUT2D eigenvalue weighted by Crippen LogP contribution is -2.37. The van der Waals surface area contributed by atoms with Crippen molar-refractivity contribution in [2.45, 2.75) is 110 Å². The maximum absolute atomic E-state index is 12.4. The molecule has 2 atom stereocenters. The van der Waals surface area contributed by atoms with Crippen LogP contribution < -0.4 is 4.74 Å². The number of rotatable bonds is 26. The average molecular weight is 585 g/mol. The minimum Gasteiger partial charge on any atom is -0.494 e. The van der Waals surface area contributed by atoms with Gasteiger partial charge < -0.3 is 14.1 Å². The SMILES string of the molecule is CCCCCCCCCCCCCOc1cccc(CC(COP(=O)(O)OCC[N+](C)(C)C)CC(=O)CCC)c1. The van der Waals surface area contributed by atoms with E-state index in [9.17, 15) is 14.3 Å². The van der Waals surface area contributed by atoms with E-state index in [4.69, 9.17) is 13.8 Å². The topological polar surface area (TPSA) is 82.1 Å². The zero-order chi connectivity index (χ0) is 29.7. The monoisotopic (exact) mass is 584 g/mol. The second kappa shape index (κ2) is 21.5. The van der Waals surface area contributed by atoms with Crippen molar-refractivity contribution < 1.29 is 32.5 Å². The number of ether oxygens (including phenoxy) is 1. The van der Waals surface area contributed by atoms with Gasteiger partial charge in [-0.2, -0.15) is 0 Å². The third-order valence-corrected chi connectivity index (χ3v) is 7.96. The van der Waals surface area contributed by atoms with Gasteiger partial charge in [-0.15, -0.1) is 0 Å². The number of carbonyl (C=O) groups is 1. The van der Waals surface area contributed by atoms with Gasteiger partial charge in [0.25, 0.3) is 0 Å². The first-order valence-corrected chi connectivity index (χ1v) is 17.2. The van der Waals surface area contributed by atoms with Crippen LogP contribution in [0, 0.1) is 5.92 Å². The normalized spacial score (nSPS) is 14.2. The molecule has 0 bridgehead atoms. The Bertz CT molecular complexity index is 841. The van der Waals surface area contributed by atoms with E-state index in [1.807, 2.05) is 52.3 Å². The highest BCUT2D eigenvalue weighted by atomic mass is 31.2. The van der Waals surface area contributed by atoms with Crippen LogP contribution in [-0.4, -0.2) is 62.7 Å². The van der Waals surface area contributed by atoms with Gasteiger partial charge in [-0.1, -0.05) is 90.2 Å². The van der Waals surface area contributed by atoms with E-state index in [1.54, 1.807) is 0 Å². The second-order valence-electron chi connectivity index (χ2n) is 12.2. The van der Waals surface area contributed by atoms with Gasteiger partial charge in [-0.05, 0) is 42.9 Å². The number of carbonyl (C=O) groups excluding carboxylic acids is 1. The number of quaternary nitrogens is 1. The molecule has 8 heteroatoms. The summed E-state index contributed by atoms with van der Waals surface area (Å²) in [6.45, 7) is 5.62. The van der Waals surface area contributed by atoms with Crippen molar-refractivity contribution in [3.63, 3.8) is 0 Å². The first kappa shape index (κ1) is 36.8. The van der Waals surface area contributed by atoms with Crippen LogP contribution in [0.2, 0.25) is 0 Å². The van der Waals surface area contributed by atoms with Crippen LogP contribution in [0.25, 0.3) is 0 Å². The number of hydrogen-bond acceptors (Lipinski definition) is 5. The first-order chi connectivity index (χ1) is 19.0. The van der Waals surface area contributed by atoms with Crippen LogP contribution in [0.5, 0.6) is 5.75 Å². The molecule has 0 saturated carbocycles. The molecule has 0 radical (unpaired) electrons. The summed E-state index contributed by atoms with van der Waals surface area (Å²) in [7, 11) is 1.76. The lowest BCUT2D eigenvalue weighted by atomic mass is 9.94. The quantitative estimate of drug-likeness (QED) is 0.0672. The minimum absolute atomic E-state index is 0.0164. The second-order valence-corrected chi connectivity index (χ2v) is 13.7. The van der Waals surface area contributed by atoms with Crippen LogP contribution in [0.4, 0.5) is 0 Å². The van der Waals surface area contributed by atoms with Gasteiger partial charge in [0.15, 0.2) is 0 Å². The van der Waals surface area contributed by atoms with Crippen molar-refractivity contribution in [2.24, 2.45) is 5.92 Å². The Morgan fingerprint density at radius 2 is 1.50 bits per heavy atom. The molecule has 0 aliphatic carbocycles. The standard InChI is InChI=1S/C32H58NO6P/c1-6-8-9-10-11-12-13-14-15-16-17-23-37-32-21-18-20-29(27-32)25-30(26-31(34)19-7-2)28-39-40(35,36)38-24-22-33(3,4)5/h18,20-21,27,30H,6-17,19,22-26,28H2,1-5H3/p+1. The Morgan fingerprint density at radius 1 is 0.875 bits per heavy atom. The average Bonchev–Trinajstić information content (AvgIpc) is 2.87. The molecule has 0 amide bonds. The number of ketones is 1. The lowest BCUT2D eigenvalue weighted by molar-refractivity contribution is -0.870. The summed E-state index contributed by atoms with van der Waals surface area (Å²) >= 11 is 0. The van der Waals surface area contributed by atoms with E-state index in [2.05, 4.69) is 6.92 Å². The van der Waals surface area contributed by atoms with Gasteiger partial charge in [-0.25, -0.2) is 4.57 Å². The number of likely N-dealkylation sites (N-methyl/N-ethyl adjacent to an activating group) is 1. The Kier molecular flexibility index (Phi) is 19.7. The van der Waals surface area contributed by atoms with E-state index in [0.717, 1.165) is 24.2 Å². The fourth-order valence-electron chi connectivity index (χ4n) is 4.61. The predicted octanol–water partition coefficient (Wildman–Crippen LogP) is 8.13. The molecule has 7 nitrogen and oxygen atoms in total. The summed E-state index contributed by atoms with van der Waals surface area (Å²) in [6, 6.07) is 7.93. The molecule has 1 aromatic carbocycles. The number of benzene rings is 1. The number of hydrogen-bond donors (Lipinski definition) is 1. The molecule has 0 heterocycles. The zero-order valence-electron chi connectivity index (χ0n) is 26.2. The van der Waals surface area contributed by atoms with Crippen LogP contribution in [0.15, 0.2) is 24.3 Å². The molecule has 2 unspecified atom stereocenters. The molecule has 0 aliphatic heterocycles. The number of phosphoric acid groups is 1. The van der Waals surface area contributed by atoms with E-state index >= 15 is 0 Å². The summed E-state index contributed by atoms with van der Waals surface area (Å²) in [4.78, 5) is 22.6. The largest absolute Gasteiger partial charge is 0.494 e. The number of nitrogens with zero attached hydrogens (tertiary/aromatic N) is 1. The highest BCUT2D eigenvalue weighted by molar-refractivity contribution is 7.47. The van der Waals surface area contributed by atoms with Crippen LogP contribution in [-0.2, 0) is 24.8 Å². The maximum atomic E-state index is 12.4. The summed E-state index contributed by atoms with van der Waals surface area (Å²) in [5.41, 5.74) is 1.02. The molecule has 1 rings (SSSR count). The molecule has 0 fully saturated rings. The molecule has 0 saturated heterocycles. The third-order valence-electron chi connectivity index (χ3n) is 6.97. The Balaban J connectivity index is 2.47. The van der Waals surface area contributed by atoms with Gasteiger partial charge in [-0.3, -0.25) is 13.8 Å². The van der Waals surface area contributed by atoms with Crippen molar-refractivity contribution in [3.8, 4) is 5.75 Å². The first-order valence-electron chi connectivity index (χ1n) is 15.7. The maximum Gasteiger partial charge on any atom is 0.472 e. The van der Waals surface area contributed by atoms with E-state index in [-0.39, 0.29) is 24.9 Å². The Hall–Kier alpha value is -1.24. The van der Waals surface area contributed by atoms with Gasteiger partial charge >= 0.3 is 7.82 Å². The van der Waals surface area contributed by atoms with E-state index in [1.165, 1.54) is 64.2 Å². The molecule has 1 aromatic rings. The molecule has 0 aromatic heterocycles. The Labute approximate surface area is 245 Å². The fraction of sp³-hybridized carbons (Fsp3) is 0.781. The van der Waals surface area contributed by atoms with Crippen LogP contribution in [0.1, 0.15) is 109 Å². The number of phosphoric ester groups is 1. The third kappa shape index (κ3) is 20.6. The van der Waals surface area contributed by atoms with Crippen molar-refractivity contribution in [2.75, 3.05) is 47.5 Å². The highest BCUT2D eigenvalue weighted by Crippen LogP contribution is 2.44. The molecule has 0 spiro atoms. The lowest BCUT2D eigenvalue weighted by Gasteiger charge is -2.24. The predicted molar refractivity (Wildman–Crippen MR) is 165 cm³/mol. The van der Waals surface area contributed by atoms with Crippen LogP contribution >= 0.6 is 7.82 Å². The molecular weight excluding hydrogens is 525 g/mol. The van der Waals surface area contributed by atoms with Crippen molar-refractivity contribution in [3.05, 3.63) is 29.8 Å². The minimum atomic E-state index is -4.19. The van der Waals surface area contributed by atoms with Gasteiger partial charge in [0, 0.05) is 12.8 Å². The molecule has 40 heavy (non-hydrogen) atoms. The molecule has 0 aliphatic rings. The molecule has 232 valence electrons. The highest BCUT2D eigenvalue weighted by Gasteiger charge is 2.25.